The van der Waals surface area contributed by atoms with Crippen molar-refractivity contribution in [2.24, 2.45) is 0 Å². The third-order valence-corrected chi connectivity index (χ3v) is 5.44. The average Bonchev–Trinajstić information content (AvgIpc) is 2.54. The lowest BCUT2D eigenvalue weighted by molar-refractivity contribution is 0.224. The number of hydrogen-bond acceptors (Lipinski definition) is 2. The number of anilines is 1. The zero-order valence-electron chi connectivity index (χ0n) is 13.6. The number of benzene rings is 2. The van der Waals surface area contributed by atoms with Crippen molar-refractivity contribution in [3.63, 3.8) is 0 Å². The maximum Gasteiger partial charge on any atom is 0.137 e. The van der Waals surface area contributed by atoms with Crippen LogP contribution in [0.4, 0.5) is 5.69 Å². The van der Waals surface area contributed by atoms with Gasteiger partial charge in [0.05, 0.1) is 5.50 Å². The van der Waals surface area contributed by atoms with Crippen molar-refractivity contribution in [3.05, 3.63) is 41.0 Å². The Morgan fingerprint density at radius 2 is 1.96 bits per heavy atom. The molecular formula is C20H20BNO. The van der Waals surface area contributed by atoms with E-state index in [9.17, 15) is 0 Å². The van der Waals surface area contributed by atoms with Gasteiger partial charge in [-0.15, -0.1) is 0 Å². The van der Waals surface area contributed by atoms with Gasteiger partial charge in [-0.05, 0) is 66.6 Å². The first-order valence-electron chi connectivity index (χ1n) is 8.66. The van der Waals surface area contributed by atoms with E-state index in [4.69, 9.17) is 12.6 Å². The van der Waals surface area contributed by atoms with Crippen molar-refractivity contribution in [1.29, 1.82) is 0 Å². The first kappa shape index (κ1) is 13.5. The molecule has 5 rings (SSSR count). The third kappa shape index (κ3) is 1.95. The summed E-state index contributed by atoms with van der Waals surface area (Å²) in [6.07, 6.45) is 9.01. The van der Waals surface area contributed by atoms with Gasteiger partial charge in [0, 0.05) is 24.3 Å². The standard InChI is InChI=1S/C20H20BNO/c1-20(21)9-8-15-17-12-13-4-2-10-22-11-3-5-16(19(13)22)14(17)6-7-18(15)23-20/h6-9,12H,2-5,10-11H2,1H3/t20-/m0/s1. The Bertz CT molecular complexity index is 851. The van der Waals surface area contributed by atoms with Crippen LogP contribution in [0, 0.1) is 0 Å². The van der Waals surface area contributed by atoms with E-state index in [-0.39, 0.29) is 0 Å². The average molecular weight is 301 g/mol. The van der Waals surface area contributed by atoms with E-state index in [0.717, 1.165) is 5.75 Å². The van der Waals surface area contributed by atoms with Crippen LogP contribution in [0.3, 0.4) is 0 Å². The van der Waals surface area contributed by atoms with Gasteiger partial charge < -0.3 is 9.64 Å². The molecule has 23 heavy (non-hydrogen) atoms. The molecular weight excluding hydrogens is 281 g/mol. The monoisotopic (exact) mass is 301 g/mol. The van der Waals surface area contributed by atoms with E-state index in [0.29, 0.717) is 0 Å². The summed E-state index contributed by atoms with van der Waals surface area (Å²) in [5.74, 6) is 0.903. The van der Waals surface area contributed by atoms with E-state index >= 15 is 0 Å². The second-order valence-corrected chi connectivity index (χ2v) is 7.25. The Labute approximate surface area is 138 Å². The predicted octanol–water partition coefficient (Wildman–Crippen LogP) is 3.83. The summed E-state index contributed by atoms with van der Waals surface area (Å²) in [6.45, 7) is 4.32. The minimum absolute atomic E-state index is 0.708. The summed E-state index contributed by atoms with van der Waals surface area (Å²) in [4.78, 5) is 2.60. The lowest BCUT2D eigenvalue weighted by atomic mass is 9.80. The summed E-state index contributed by atoms with van der Waals surface area (Å²) >= 11 is 0. The molecule has 0 saturated heterocycles. The minimum Gasteiger partial charge on any atom is -0.493 e. The maximum atomic E-state index is 6.12. The van der Waals surface area contributed by atoms with Gasteiger partial charge in [0.15, 0.2) is 0 Å². The van der Waals surface area contributed by atoms with Gasteiger partial charge in [-0.1, -0.05) is 18.2 Å². The molecule has 1 atom stereocenters. The van der Waals surface area contributed by atoms with Gasteiger partial charge >= 0.3 is 0 Å². The quantitative estimate of drug-likeness (QED) is 0.686. The number of hydrogen-bond donors (Lipinski definition) is 0. The van der Waals surface area contributed by atoms with Crippen molar-refractivity contribution >= 4 is 30.4 Å². The van der Waals surface area contributed by atoms with Gasteiger partial charge in [0.1, 0.15) is 13.6 Å². The molecule has 2 nitrogen and oxygen atoms in total. The SMILES string of the molecule is [B][C@]1(C)C=Cc2c(ccc3c4c5c(cc23)CCCN5CCC4)O1. The molecule has 0 fully saturated rings. The van der Waals surface area contributed by atoms with E-state index in [2.05, 4.69) is 29.2 Å². The molecule has 0 spiro atoms. The molecule has 0 aromatic heterocycles. The van der Waals surface area contributed by atoms with Crippen LogP contribution in [0.2, 0.25) is 0 Å². The summed E-state index contributed by atoms with van der Waals surface area (Å²) in [6, 6.07) is 6.73. The molecule has 2 radical (unpaired) electrons. The predicted molar refractivity (Wildman–Crippen MR) is 96.6 cm³/mol. The maximum absolute atomic E-state index is 6.12. The smallest absolute Gasteiger partial charge is 0.137 e. The van der Waals surface area contributed by atoms with Crippen molar-refractivity contribution in [3.8, 4) is 5.75 Å². The van der Waals surface area contributed by atoms with Gasteiger partial charge in [-0.3, -0.25) is 0 Å². The summed E-state index contributed by atoms with van der Waals surface area (Å²) in [7, 11) is 6.12. The normalized spacial score (nSPS) is 25.0. The fraction of sp³-hybridized carbons (Fsp3) is 0.400. The number of rotatable bonds is 0. The zero-order chi connectivity index (χ0) is 15.6. The minimum atomic E-state index is -0.708. The fourth-order valence-electron chi connectivity index (χ4n) is 4.46. The second kappa shape index (κ2) is 4.56. The molecule has 0 amide bonds. The highest BCUT2D eigenvalue weighted by Crippen LogP contribution is 2.43. The first-order valence-corrected chi connectivity index (χ1v) is 8.66. The molecule has 3 heterocycles. The third-order valence-electron chi connectivity index (χ3n) is 5.44. The van der Waals surface area contributed by atoms with Crippen molar-refractivity contribution in [2.45, 2.75) is 38.1 Å². The van der Waals surface area contributed by atoms with Crippen molar-refractivity contribution in [1.82, 2.24) is 0 Å². The van der Waals surface area contributed by atoms with Crippen LogP contribution in [-0.2, 0) is 12.8 Å². The van der Waals surface area contributed by atoms with Crippen LogP contribution in [0.15, 0.2) is 24.3 Å². The summed E-state index contributed by atoms with van der Waals surface area (Å²) in [5.41, 5.74) is 5.06. The molecule has 3 aliphatic heterocycles. The highest BCUT2D eigenvalue weighted by molar-refractivity contribution is 6.17. The highest BCUT2D eigenvalue weighted by atomic mass is 16.5. The first-order chi connectivity index (χ1) is 11.1. The lowest BCUT2D eigenvalue weighted by Gasteiger charge is -2.38. The van der Waals surface area contributed by atoms with Crippen molar-refractivity contribution in [2.75, 3.05) is 18.0 Å². The summed E-state index contributed by atoms with van der Waals surface area (Å²) < 4.78 is 5.96. The topological polar surface area (TPSA) is 12.5 Å². The van der Waals surface area contributed by atoms with E-state index in [1.165, 1.54) is 66.4 Å². The van der Waals surface area contributed by atoms with E-state index in [1.54, 1.807) is 5.56 Å². The van der Waals surface area contributed by atoms with Crippen LogP contribution in [0.5, 0.6) is 5.75 Å². The molecule has 2 aromatic rings. The molecule has 114 valence electrons. The molecule has 0 N–H and O–H groups in total. The summed E-state index contributed by atoms with van der Waals surface area (Å²) in [5, 5.41) is 2.72. The Kier molecular flexibility index (Phi) is 2.68. The highest BCUT2D eigenvalue weighted by Gasteiger charge is 2.28. The van der Waals surface area contributed by atoms with Crippen LogP contribution < -0.4 is 9.64 Å². The van der Waals surface area contributed by atoms with Crippen LogP contribution in [0.1, 0.15) is 36.5 Å². The van der Waals surface area contributed by atoms with Gasteiger partial charge in [0.25, 0.3) is 0 Å². The van der Waals surface area contributed by atoms with Crippen LogP contribution >= 0.6 is 0 Å². The number of fused-ring (bicyclic) bond motifs is 4. The Balaban J connectivity index is 1.81. The molecule has 0 aliphatic carbocycles. The van der Waals surface area contributed by atoms with Crippen LogP contribution in [0.25, 0.3) is 16.8 Å². The van der Waals surface area contributed by atoms with Gasteiger partial charge in [-0.25, -0.2) is 0 Å². The fourth-order valence-corrected chi connectivity index (χ4v) is 4.46. The number of nitrogens with zero attached hydrogens (tertiary/aromatic N) is 1. The van der Waals surface area contributed by atoms with Crippen LogP contribution in [-0.4, -0.2) is 26.4 Å². The Morgan fingerprint density at radius 1 is 1.13 bits per heavy atom. The van der Waals surface area contributed by atoms with Gasteiger partial charge in [-0.2, -0.15) is 0 Å². The Morgan fingerprint density at radius 3 is 2.83 bits per heavy atom. The largest absolute Gasteiger partial charge is 0.493 e. The number of aryl methyl sites for hydroxylation is 2. The second-order valence-electron chi connectivity index (χ2n) is 7.25. The lowest BCUT2D eigenvalue weighted by Crippen LogP contribution is -2.34. The molecule has 0 bridgehead atoms. The van der Waals surface area contributed by atoms with E-state index < -0.39 is 5.50 Å². The molecule has 0 unspecified atom stereocenters. The van der Waals surface area contributed by atoms with E-state index in [1.807, 2.05) is 13.0 Å². The zero-order valence-corrected chi connectivity index (χ0v) is 13.6. The molecule has 3 heteroatoms. The molecule has 2 aromatic carbocycles. The number of ether oxygens (including phenoxy) is 1. The van der Waals surface area contributed by atoms with Crippen molar-refractivity contribution < 1.29 is 4.74 Å². The molecule has 3 aliphatic rings. The molecule has 0 saturated carbocycles. The van der Waals surface area contributed by atoms with Gasteiger partial charge in [0.2, 0.25) is 0 Å². The Hall–Kier alpha value is -1.90.